The molecule has 0 radical (unpaired) electrons. The fourth-order valence-corrected chi connectivity index (χ4v) is 1.34. The van der Waals surface area contributed by atoms with Gasteiger partial charge in [-0.25, -0.2) is 4.79 Å². The minimum absolute atomic E-state index is 0.0883. The maximum Gasteiger partial charge on any atom is 0.356 e. The molecule has 0 saturated heterocycles. The second kappa shape index (κ2) is 6.19. The Hall–Kier alpha value is -1.36. The SMILES string of the molecule is O=C(O)c1ccn(CCCCCCO)n1. The molecular formula is C10H16N2O3. The maximum absolute atomic E-state index is 10.5. The van der Waals surface area contributed by atoms with Gasteiger partial charge in [0, 0.05) is 19.3 Å². The lowest BCUT2D eigenvalue weighted by atomic mass is 10.2. The van der Waals surface area contributed by atoms with Crippen LogP contribution in [0.2, 0.25) is 0 Å². The molecule has 5 nitrogen and oxygen atoms in total. The molecule has 5 heteroatoms. The topological polar surface area (TPSA) is 75.3 Å². The van der Waals surface area contributed by atoms with Crippen molar-refractivity contribution in [2.24, 2.45) is 0 Å². The van der Waals surface area contributed by atoms with Gasteiger partial charge in [0.2, 0.25) is 0 Å². The third-order valence-electron chi connectivity index (χ3n) is 2.16. The third-order valence-corrected chi connectivity index (χ3v) is 2.16. The van der Waals surface area contributed by atoms with Crippen LogP contribution in [0.15, 0.2) is 12.3 Å². The Labute approximate surface area is 88.3 Å². The van der Waals surface area contributed by atoms with Gasteiger partial charge in [-0.05, 0) is 18.9 Å². The number of aliphatic hydroxyl groups is 1. The summed E-state index contributed by atoms with van der Waals surface area (Å²) in [6.07, 6.45) is 5.50. The summed E-state index contributed by atoms with van der Waals surface area (Å²) in [5.74, 6) is -0.992. The first-order chi connectivity index (χ1) is 7.24. The van der Waals surface area contributed by atoms with Crippen molar-refractivity contribution in [3.63, 3.8) is 0 Å². The van der Waals surface area contributed by atoms with Crippen LogP contribution in [0, 0.1) is 0 Å². The van der Waals surface area contributed by atoms with Crippen LogP contribution < -0.4 is 0 Å². The van der Waals surface area contributed by atoms with Gasteiger partial charge in [0.15, 0.2) is 5.69 Å². The highest BCUT2D eigenvalue weighted by Gasteiger charge is 2.05. The molecule has 0 saturated carbocycles. The third kappa shape index (κ3) is 4.12. The fourth-order valence-electron chi connectivity index (χ4n) is 1.34. The van der Waals surface area contributed by atoms with Crippen molar-refractivity contribution in [1.82, 2.24) is 9.78 Å². The molecule has 1 heterocycles. The van der Waals surface area contributed by atoms with Gasteiger partial charge in [0.25, 0.3) is 0 Å². The Morgan fingerprint density at radius 2 is 2.07 bits per heavy atom. The van der Waals surface area contributed by atoms with Crippen LogP contribution in [0.25, 0.3) is 0 Å². The molecule has 2 N–H and O–H groups in total. The lowest BCUT2D eigenvalue weighted by Gasteiger charge is -2.00. The zero-order valence-electron chi connectivity index (χ0n) is 8.59. The zero-order chi connectivity index (χ0) is 11.1. The summed E-state index contributed by atoms with van der Waals surface area (Å²) >= 11 is 0. The highest BCUT2D eigenvalue weighted by Crippen LogP contribution is 2.02. The maximum atomic E-state index is 10.5. The van der Waals surface area contributed by atoms with Gasteiger partial charge in [0.1, 0.15) is 0 Å². The molecule has 0 aliphatic carbocycles. The Bertz CT molecular complexity index is 309. The van der Waals surface area contributed by atoms with E-state index in [2.05, 4.69) is 5.10 Å². The molecule has 0 aromatic carbocycles. The molecule has 0 aliphatic rings. The smallest absolute Gasteiger partial charge is 0.356 e. The van der Waals surface area contributed by atoms with E-state index in [9.17, 15) is 4.79 Å². The molecule has 0 fully saturated rings. The van der Waals surface area contributed by atoms with Gasteiger partial charge in [0.05, 0.1) is 0 Å². The molecule has 0 bridgehead atoms. The Morgan fingerprint density at radius 3 is 2.67 bits per heavy atom. The number of carboxylic acid groups (broad SMARTS) is 1. The number of unbranched alkanes of at least 4 members (excludes halogenated alkanes) is 3. The summed E-state index contributed by atoms with van der Waals surface area (Å²) in [6.45, 7) is 0.976. The van der Waals surface area contributed by atoms with E-state index in [0.29, 0.717) is 0 Å². The molecular weight excluding hydrogens is 196 g/mol. The molecule has 15 heavy (non-hydrogen) atoms. The Balaban J connectivity index is 2.23. The monoisotopic (exact) mass is 212 g/mol. The highest BCUT2D eigenvalue weighted by atomic mass is 16.4. The van der Waals surface area contributed by atoms with E-state index in [1.807, 2.05) is 0 Å². The number of nitrogens with zero attached hydrogens (tertiary/aromatic N) is 2. The van der Waals surface area contributed by atoms with Crippen LogP contribution in [0.3, 0.4) is 0 Å². The first-order valence-corrected chi connectivity index (χ1v) is 5.11. The number of carboxylic acids is 1. The van der Waals surface area contributed by atoms with Gasteiger partial charge in [-0.1, -0.05) is 12.8 Å². The summed E-state index contributed by atoms with van der Waals surface area (Å²) in [5.41, 5.74) is 0.0883. The van der Waals surface area contributed by atoms with E-state index >= 15 is 0 Å². The lowest BCUT2D eigenvalue weighted by molar-refractivity contribution is 0.0689. The zero-order valence-corrected chi connectivity index (χ0v) is 8.59. The average molecular weight is 212 g/mol. The summed E-state index contributed by atoms with van der Waals surface area (Å²) < 4.78 is 1.64. The van der Waals surface area contributed by atoms with Gasteiger partial charge >= 0.3 is 5.97 Å². The van der Waals surface area contributed by atoms with E-state index in [-0.39, 0.29) is 12.3 Å². The molecule has 84 valence electrons. The summed E-state index contributed by atoms with van der Waals surface area (Å²) in [4.78, 5) is 10.5. The molecule has 0 atom stereocenters. The van der Waals surface area contributed by atoms with Crippen LogP contribution in [-0.2, 0) is 6.54 Å². The van der Waals surface area contributed by atoms with Gasteiger partial charge < -0.3 is 10.2 Å². The van der Waals surface area contributed by atoms with Gasteiger partial charge in [-0.15, -0.1) is 0 Å². The van der Waals surface area contributed by atoms with E-state index in [0.717, 1.165) is 32.2 Å². The summed E-state index contributed by atoms with van der Waals surface area (Å²) in [5, 5.41) is 21.1. The van der Waals surface area contributed by atoms with Crippen molar-refractivity contribution in [3.05, 3.63) is 18.0 Å². The van der Waals surface area contributed by atoms with Crippen molar-refractivity contribution in [1.29, 1.82) is 0 Å². The van der Waals surface area contributed by atoms with E-state index in [1.54, 1.807) is 10.9 Å². The van der Waals surface area contributed by atoms with Crippen molar-refractivity contribution in [3.8, 4) is 0 Å². The number of aliphatic hydroxyl groups excluding tert-OH is 1. The number of carbonyl (C=O) groups is 1. The second-order valence-corrected chi connectivity index (χ2v) is 3.41. The first kappa shape index (κ1) is 11.7. The van der Waals surface area contributed by atoms with Crippen LogP contribution in [-0.4, -0.2) is 32.6 Å². The predicted molar refractivity (Wildman–Crippen MR) is 54.7 cm³/mol. The van der Waals surface area contributed by atoms with Gasteiger partial charge in [-0.2, -0.15) is 5.10 Å². The number of hydrogen-bond donors (Lipinski definition) is 2. The fraction of sp³-hybridized carbons (Fsp3) is 0.600. The van der Waals surface area contributed by atoms with E-state index < -0.39 is 5.97 Å². The van der Waals surface area contributed by atoms with Crippen molar-refractivity contribution < 1.29 is 15.0 Å². The van der Waals surface area contributed by atoms with Crippen LogP contribution in [0.1, 0.15) is 36.2 Å². The Morgan fingerprint density at radius 1 is 1.33 bits per heavy atom. The quantitative estimate of drug-likeness (QED) is 0.664. The molecule has 1 rings (SSSR count). The molecule has 0 spiro atoms. The average Bonchev–Trinajstić information content (AvgIpc) is 2.66. The van der Waals surface area contributed by atoms with Crippen molar-refractivity contribution in [2.45, 2.75) is 32.2 Å². The van der Waals surface area contributed by atoms with E-state index in [4.69, 9.17) is 10.2 Å². The second-order valence-electron chi connectivity index (χ2n) is 3.41. The Kier molecular flexibility index (Phi) is 4.83. The normalized spacial score (nSPS) is 10.5. The molecule has 1 aromatic rings. The predicted octanol–water partition coefficient (Wildman–Crippen LogP) is 1.13. The van der Waals surface area contributed by atoms with Crippen LogP contribution in [0.5, 0.6) is 0 Å². The number of hydrogen-bond acceptors (Lipinski definition) is 3. The number of aromatic carboxylic acids is 1. The minimum Gasteiger partial charge on any atom is -0.476 e. The largest absolute Gasteiger partial charge is 0.476 e. The van der Waals surface area contributed by atoms with Crippen LogP contribution >= 0.6 is 0 Å². The summed E-state index contributed by atoms with van der Waals surface area (Å²) in [6, 6.07) is 1.50. The first-order valence-electron chi connectivity index (χ1n) is 5.11. The molecule has 0 unspecified atom stereocenters. The molecule has 1 aromatic heterocycles. The van der Waals surface area contributed by atoms with Gasteiger partial charge in [-0.3, -0.25) is 4.68 Å². The number of rotatable bonds is 7. The lowest BCUT2D eigenvalue weighted by Crippen LogP contribution is -2.03. The standard InChI is InChI=1S/C10H16N2O3/c13-8-4-2-1-3-6-12-7-5-9(11-12)10(14)15/h5,7,13H,1-4,6,8H2,(H,14,15). The number of aryl methyl sites for hydroxylation is 1. The molecule has 0 aliphatic heterocycles. The highest BCUT2D eigenvalue weighted by molar-refractivity contribution is 5.84. The van der Waals surface area contributed by atoms with Crippen molar-refractivity contribution in [2.75, 3.05) is 6.61 Å². The number of aromatic nitrogens is 2. The van der Waals surface area contributed by atoms with E-state index in [1.165, 1.54) is 6.07 Å². The van der Waals surface area contributed by atoms with Crippen LogP contribution in [0.4, 0.5) is 0 Å². The van der Waals surface area contributed by atoms with Crippen molar-refractivity contribution >= 4 is 5.97 Å². The molecule has 0 amide bonds. The minimum atomic E-state index is -0.992. The summed E-state index contributed by atoms with van der Waals surface area (Å²) in [7, 11) is 0.